The zero-order valence-corrected chi connectivity index (χ0v) is 3.02. The van der Waals surface area contributed by atoms with Crippen molar-refractivity contribution < 1.29 is 0 Å². The number of hydrogen-bond donors (Lipinski definition) is 0. The van der Waals surface area contributed by atoms with Crippen LogP contribution in [-0.2, 0) is 0 Å². The lowest BCUT2D eigenvalue weighted by atomic mass is 11.0. The smallest absolute Gasteiger partial charge is 0.0349 e. The van der Waals surface area contributed by atoms with Gasteiger partial charge >= 0.3 is 0 Å². The van der Waals surface area contributed by atoms with Crippen molar-refractivity contribution in [2.45, 2.75) is 0 Å². The largest absolute Gasteiger partial charge is 0.374 e. The fourth-order valence-electron chi connectivity index (χ4n) is 0.207. The minimum absolute atomic E-state index is 1.16. The predicted molar refractivity (Wildman–Crippen MR) is 20.4 cm³/mol. The van der Waals surface area contributed by atoms with Gasteiger partial charge in [0.25, 0.3) is 0 Å². The maximum absolute atomic E-state index is 5.03. The molecule has 1 radical (unpaired) electrons. The molecule has 1 fully saturated rings. The zero-order valence-electron chi connectivity index (χ0n) is 3.02. The molecule has 1 heterocycles. The molecule has 0 amide bonds. The number of hydrogen-bond acceptors (Lipinski definition) is 1. The van der Waals surface area contributed by atoms with Gasteiger partial charge < -0.3 is 4.90 Å². The van der Waals surface area contributed by atoms with E-state index in [0.717, 1.165) is 13.1 Å². The van der Waals surface area contributed by atoms with Crippen LogP contribution in [0.15, 0.2) is 6.20 Å². The van der Waals surface area contributed by atoms with Crippen LogP contribution >= 0.6 is 0 Å². The van der Waals surface area contributed by atoms with Crippen molar-refractivity contribution in [2.75, 3.05) is 13.1 Å². The summed E-state index contributed by atoms with van der Waals surface area (Å²) >= 11 is 0. The Hall–Kier alpha value is -0.460. The average Bonchev–Trinajstić information content (AvgIpc) is 2.12. The second kappa shape index (κ2) is 0.744. The molecule has 1 nitrogen and oxygen atoms in total. The van der Waals surface area contributed by atoms with Gasteiger partial charge in [-0.2, -0.15) is 0 Å². The predicted octanol–water partition coefficient (Wildman–Crippen LogP) is 0.249. The first-order valence-corrected chi connectivity index (χ1v) is 1.72. The highest BCUT2D eigenvalue weighted by molar-refractivity contribution is 4.80. The van der Waals surface area contributed by atoms with Crippen LogP contribution in [0.2, 0.25) is 0 Å². The van der Waals surface area contributed by atoms with Gasteiger partial charge in [0.15, 0.2) is 0 Å². The molecular weight excluding hydrogens is 62.1 g/mol. The minimum Gasteiger partial charge on any atom is -0.374 e. The molecule has 0 saturated carbocycles. The third-order valence-corrected chi connectivity index (χ3v) is 0.693. The van der Waals surface area contributed by atoms with E-state index in [-0.39, 0.29) is 0 Å². The maximum atomic E-state index is 5.03. The topological polar surface area (TPSA) is 3.01 Å². The van der Waals surface area contributed by atoms with E-state index in [1.165, 1.54) is 0 Å². The standard InChI is InChI=1S/C4H6N/c1-2-5-3-4-5/h1-2H,3-4H2. The lowest BCUT2D eigenvalue weighted by molar-refractivity contribution is 0.774. The van der Waals surface area contributed by atoms with Crippen LogP contribution < -0.4 is 0 Å². The van der Waals surface area contributed by atoms with Crippen molar-refractivity contribution in [3.8, 4) is 0 Å². The van der Waals surface area contributed by atoms with E-state index in [9.17, 15) is 0 Å². The second-order valence-electron chi connectivity index (χ2n) is 1.19. The quantitative estimate of drug-likeness (QED) is 0.398. The van der Waals surface area contributed by atoms with Crippen molar-refractivity contribution in [1.82, 2.24) is 4.90 Å². The number of rotatable bonds is 1. The Labute approximate surface area is 31.9 Å². The van der Waals surface area contributed by atoms with Crippen molar-refractivity contribution in [3.63, 3.8) is 0 Å². The van der Waals surface area contributed by atoms with Crippen LogP contribution in [0.25, 0.3) is 0 Å². The summed E-state index contributed by atoms with van der Waals surface area (Å²) < 4.78 is 0. The third-order valence-electron chi connectivity index (χ3n) is 0.693. The van der Waals surface area contributed by atoms with E-state index in [2.05, 4.69) is 0 Å². The minimum atomic E-state index is 1.16. The summed E-state index contributed by atoms with van der Waals surface area (Å²) in [5.41, 5.74) is 0. The SMILES string of the molecule is [CH]=CN1CC1. The highest BCUT2D eigenvalue weighted by Crippen LogP contribution is 1.99. The molecule has 0 aromatic rings. The Balaban J connectivity index is 2.21. The molecular formula is C4H6N. The molecule has 0 bridgehead atoms. The highest BCUT2D eigenvalue weighted by atomic mass is 15.2. The molecule has 1 heteroatoms. The van der Waals surface area contributed by atoms with E-state index in [1.807, 2.05) is 4.90 Å². The van der Waals surface area contributed by atoms with Crippen LogP contribution in [0.5, 0.6) is 0 Å². The van der Waals surface area contributed by atoms with Crippen LogP contribution in [0.1, 0.15) is 0 Å². The zero-order chi connectivity index (χ0) is 3.70. The molecule has 1 rings (SSSR count). The Kier molecular flexibility index (Phi) is 0.411. The molecule has 1 saturated heterocycles. The molecule has 0 aromatic heterocycles. The van der Waals surface area contributed by atoms with E-state index >= 15 is 0 Å². The van der Waals surface area contributed by atoms with Crippen LogP contribution in [0.3, 0.4) is 0 Å². The van der Waals surface area contributed by atoms with Gasteiger partial charge in [-0.05, 0) is 12.8 Å². The summed E-state index contributed by atoms with van der Waals surface area (Å²) in [6, 6.07) is 0. The van der Waals surface area contributed by atoms with Gasteiger partial charge in [-0.15, -0.1) is 0 Å². The van der Waals surface area contributed by atoms with Gasteiger partial charge in [-0.1, -0.05) is 0 Å². The van der Waals surface area contributed by atoms with Gasteiger partial charge in [-0.25, -0.2) is 0 Å². The van der Waals surface area contributed by atoms with Gasteiger partial charge in [0, 0.05) is 13.1 Å². The van der Waals surface area contributed by atoms with Crippen LogP contribution in [0.4, 0.5) is 0 Å². The van der Waals surface area contributed by atoms with E-state index in [4.69, 9.17) is 6.58 Å². The molecule has 0 unspecified atom stereocenters. The molecule has 0 N–H and O–H groups in total. The third kappa shape index (κ3) is 0.407. The lowest BCUT2D eigenvalue weighted by Gasteiger charge is -1.77. The Morgan fingerprint density at radius 3 is 2.20 bits per heavy atom. The number of nitrogens with zero attached hydrogens (tertiary/aromatic N) is 1. The fraction of sp³-hybridized carbons (Fsp3) is 0.500. The van der Waals surface area contributed by atoms with E-state index in [0.29, 0.717) is 0 Å². The van der Waals surface area contributed by atoms with Gasteiger partial charge in [0.1, 0.15) is 0 Å². The summed E-state index contributed by atoms with van der Waals surface area (Å²) in [6.45, 7) is 7.36. The molecule has 0 atom stereocenters. The van der Waals surface area contributed by atoms with Gasteiger partial charge in [-0.3, -0.25) is 0 Å². The normalized spacial score (nSPS) is 18.8. The van der Waals surface area contributed by atoms with E-state index < -0.39 is 0 Å². The van der Waals surface area contributed by atoms with Crippen molar-refractivity contribution in [2.24, 2.45) is 0 Å². The van der Waals surface area contributed by atoms with E-state index in [1.54, 1.807) is 6.20 Å². The summed E-state index contributed by atoms with van der Waals surface area (Å²) in [5.74, 6) is 0. The Morgan fingerprint density at radius 2 is 2.20 bits per heavy atom. The van der Waals surface area contributed by atoms with Crippen molar-refractivity contribution in [1.29, 1.82) is 0 Å². The Bertz CT molecular complexity index is 45.6. The monoisotopic (exact) mass is 68.1 g/mol. The van der Waals surface area contributed by atoms with Crippen molar-refractivity contribution >= 4 is 0 Å². The molecule has 1 aliphatic rings. The second-order valence-corrected chi connectivity index (χ2v) is 1.19. The lowest BCUT2D eigenvalue weighted by Crippen LogP contribution is -1.73. The average molecular weight is 68.1 g/mol. The Morgan fingerprint density at radius 1 is 1.60 bits per heavy atom. The van der Waals surface area contributed by atoms with Crippen LogP contribution in [-0.4, -0.2) is 18.0 Å². The fourth-order valence-corrected chi connectivity index (χ4v) is 0.207. The first-order chi connectivity index (χ1) is 2.43. The summed E-state index contributed by atoms with van der Waals surface area (Å²) in [5, 5.41) is 0. The first-order valence-electron chi connectivity index (χ1n) is 1.72. The first kappa shape index (κ1) is 2.76. The summed E-state index contributed by atoms with van der Waals surface area (Å²) in [6.07, 6.45) is 1.61. The van der Waals surface area contributed by atoms with Gasteiger partial charge in [0.05, 0.1) is 0 Å². The molecule has 0 aliphatic carbocycles. The summed E-state index contributed by atoms with van der Waals surface area (Å²) in [7, 11) is 0. The molecule has 27 valence electrons. The maximum Gasteiger partial charge on any atom is 0.0349 e. The molecule has 1 aliphatic heterocycles. The molecule has 0 spiro atoms. The van der Waals surface area contributed by atoms with Gasteiger partial charge in [0.2, 0.25) is 0 Å². The highest BCUT2D eigenvalue weighted by Gasteiger charge is 2.08. The molecule has 0 aromatic carbocycles. The molecule has 5 heavy (non-hydrogen) atoms. The summed E-state index contributed by atoms with van der Waals surface area (Å²) in [4.78, 5) is 2.03. The van der Waals surface area contributed by atoms with Crippen LogP contribution in [0, 0.1) is 6.58 Å². The van der Waals surface area contributed by atoms with Crippen molar-refractivity contribution in [3.05, 3.63) is 12.8 Å².